The van der Waals surface area contributed by atoms with Gasteiger partial charge < -0.3 is 19.9 Å². The van der Waals surface area contributed by atoms with Crippen molar-refractivity contribution in [1.82, 2.24) is 15.0 Å². The molecule has 0 bridgehead atoms. The van der Waals surface area contributed by atoms with E-state index in [2.05, 4.69) is 10.3 Å². The maximum Gasteiger partial charge on any atom is 0.266 e. The Hall–Kier alpha value is -3.96. The number of amides is 2. The summed E-state index contributed by atoms with van der Waals surface area (Å²) in [5.41, 5.74) is 2.01. The summed E-state index contributed by atoms with van der Waals surface area (Å²) < 4.78 is 37.7. The first-order valence-corrected chi connectivity index (χ1v) is 12.9. The third-order valence-corrected chi connectivity index (χ3v) is 7.07. The third kappa shape index (κ3) is 7.05. The Labute approximate surface area is 215 Å². The van der Waals surface area contributed by atoms with Crippen LogP contribution in [0.4, 0.5) is 0 Å². The summed E-state index contributed by atoms with van der Waals surface area (Å²) in [5, 5.41) is 11.9. The van der Waals surface area contributed by atoms with Crippen LogP contribution in [0.1, 0.15) is 40.0 Å². The predicted octanol–water partition coefficient (Wildman–Crippen LogP) is 2.17. The van der Waals surface area contributed by atoms with Gasteiger partial charge in [0.05, 0.1) is 42.9 Å². The number of nitrogens with one attached hydrogen (secondary N) is 2. The second-order valence-corrected chi connectivity index (χ2v) is 9.83. The highest BCUT2D eigenvalue weighted by atomic mass is 32.2. The van der Waals surface area contributed by atoms with Crippen molar-refractivity contribution in [1.29, 1.82) is 0 Å². The van der Waals surface area contributed by atoms with Crippen LogP contribution in [-0.4, -0.2) is 51.1 Å². The van der Waals surface area contributed by atoms with Gasteiger partial charge in [-0.25, -0.2) is 13.1 Å². The highest BCUT2D eigenvalue weighted by molar-refractivity contribution is 7.90. The van der Waals surface area contributed by atoms with Crippen molar-refractivity contribution in [3.05, 3.63) is 83.2 Å². The zero-order valence-electron chi connectivity index (χ0n) is 20.7. The molecule has 2 aromatic carbocycles. The Morgan fingerprint density at radius 3 is 2.30 bits per heavy atom. The van der Waals surface area contributed by atoms with E-state index in [1.165, 1.54) is 37.6 Å². The second kappa shape index (κ2) is 12.3. The molecule has 37 heavy (non-hydrogen) atoms. The number of aliphatic hydroxyl groups excluding tert-OH is 1. The summed E-state index contributed by atoms with van der Waals surface area (Å²) >= 11 is 0. The zero-order chi connectivity index (χ0) is 27.0. The zero-order valence-corrected chi connectivity index (χ0v) is 21.5. The van der Waals surface area contributed by atoms with E-state index < -0.39 is 21.8 Å². The van der Waals surface area contributed by atoms with E-state index in [0.717, 1.165) is 11.1 Å². The first-order chi connectivity index (χ1) is 17.7. The van der Waals surface area contributed by atoms with Gasteiger partial charge in [0.1, 0.15) is 0 Å². The molecular formula is C26H29N3O7S. The number of hydrogen-bond donors (Lipinski definition) is 3. The SMILES string of the molecule is COc1ccc(C(C)C(=O)NCCc2ccc(S(=O)(=O)NC(=O)c3ccc(CO)nc3)cc2)cc1OC. The molecule has 0 radical (unpaired) electrons. The van der Waals surface area contributed by atoms with Crippen LogP contribution in [0.3, 0.4) is 0 Å². The largest absolute Gasteiger partial charge is 0.493 e. The fraction of sp³-hybridized carbons (Fsp3) is 0.269. The summed E-state index contributed by atoms with van der Waals surface area (Å²) in [6, 6.07) is 14.2. The van der Waals surface area contributed by atoms with Crippen LogP contribution < -0.4 is 19.5 Å². The number of hydrogen-bond acceptors (Lipinski definition) is 8. The quantitative estimate of drug-likeness (QED) is 0.344. The molecule has 2 amide bonds. The number of rotatable bonds is 11. The van der Waals surface area contributed by atoms with E-state index in [1.807, 2.05) is 10.8 Å². The van der Waals surface area contributed by atoms with E-state index in [-0.39, 0.29) is 23.0 Å². The number of carbonyl (C=O) groups is 2. The molecule has 3 rings (SSSR count). The minimum atomic E-state index is -4.09. The van der Waals surface area contributed by atoms with Crippen LogP contribution in [0.15, 0.2) is 65.7 Å². The molecule has 3 N–H and O–H groups in total. The number of aliphatic hydroxyl groups is 1. The number of benzene rings is 2. The van der Waals surface area contributed by atoms with Gasteiger partial charge in [0.2, 0.25) is 5.91 Å². The minimum absolute atomic E-state index is 0.0513. The number of methoxy groups -OCH3 is 2. The average molecular weight is 528 g/mol. The monoisotopic (exact) mass is 527 g/mol. The van der Waals surface area contributed by atoms with E-state index in [1.54, 1.807) is 38.3 Å². The lowest BCUT2D eigenvalue weighted by Gasteiger charge is -2.15. The summed E-state index contributed by atoms with van der Waals surface area (Å²) in [5.74, 6) is -0.270. The van der Waals surface area contributed by atoms with Gasteiger partial charge >= 0.3 is 0 Å². The number of sulfonamides is 1. The predicted molar refractivity (Wildman–Crippen MR) is 136 cm³/mol. The first kappa shape index (κ1) is 27.6. The first-order valence-electron chi connectivity index (χ1n) is 11.4. The molecule has 0 spiro atoms. The summed E-state index contributed by atoms with van der Waals surface area (Å²) in [4.78, 5) is 28.7. The topological polar surface area (TPSA) is 144 Å². The molecule has 1 aromatic heterocycles. The lowest BCUT2D eigenvalue weighted by molar-refractivity contribution is -0.122. The van der Waals surface area contributed by atoms with Crippen molar-refractivity contribution in [3.8, 4) is 11.5 Å². The van der Waals surface area contributed by atoms with Crippen LogP contribution in [0.5, 0.6) is 11.5 Å². The molecule has 196 valence electrons. The number of aromatic nitrogens is 1. The van der Waals surface area contributed by atoms with Gasteiger partial charge in [0.25, 0.3) is 15.9 Å². The Bertz CT molecular complexity index is 1340. The molecule has 0 aliphatic carbocycles. The molecule has 1 atom stereocenters. The van der Waals surface area contributed by atoms with Crippen LogP contribution in [0.25, 0.3) is 0 Å². The summed E-state index contributed by atoms with van der Waals surface area (Å²) in [6.45, 7) is 1.87. The highest BCUT2D eigenvalue weighted by Crippen LogP contribution is 2.30. The number of pyridine rings is 1. The fourth-order valence-corrected chi connectivity index (χ4v) is 4.46. The second-order valence-electron chi connectivity index (χ2n) is 8.15. The molecule has 0 fully saturated rings. The Balaban J connectivity index is 1.54. The van der Waals surface area contributed by atoms with Gasteiger partial charge in [0, 0.05) is 12.7 Å². The van der Waals surface area contributed by atoms with Crippen LogP contribution in [0, 0.1) is 0 Å². The van der Waals surface area contributed by atoms with Crippen LogP contribution in [-0.2, 0) is 27.8 Å². The Morgan fingerprint density at radius 1 is 1.00 bits per heavy atom. The summed E-state index contributed by atoms with van der Waals surface area (Å²) in [7, 11) is -1.01. The van der Waals surface area contributed by atoms with E-state index in [9.17, 15) is 18.0 Å². The van der Waals surface area contributed by atoms with Crippen LogP contribution >= 0.6 is 0 Å². The van der Waals surface area contributed by atoms with E-state index in [4.69, 9.17) is 14.6 Å². The molecule has 0 aliphatic rings. The molecule has 0 saturated heterocycles. The van der Waals surface area contributed by atoms with Gasteiger partial charge in [-0.2, -0.15) is 0 Å². The lowest BCUT2D eigenvalue weighted by atomic mass is 9.99. The third-order valence-electron chi connectivity index (χ3n) is 5.72. The molecule has 1 heterocycles. The van der Waals surface area contributed by atoms with Crippen molar-refractivity contribution < 1.29 is 32.6 Å². The van der Waals surface area contributed by atoms with Gasteiger partial charge in [0.15, 0.2) is 11.5 Å². The minimum Gasteiger partial charge on any atom is -0.493 e. The highest BCUT2D eigenvalue weighted by Gasteiger charge is 2.20. The maximum absolute atomic E-state index is 12.6. The smallest absolute Gasteiger partial charge is 0.266 e. The van der Waals surface area contributed by atoms with Gasteiger partial charge in [-0.3, -0.25) is 14.6 Å². The Morgan fingerprint density at radius 2 is 1.70 bits per heavy atom. The van der Waals surface area contributed by atoms with Crippen molar-refractivity contribution >= 4 is 21.8 Å². The maximum atomic E-state index is 12.6. The molecular weight excluding hydrogens is 498 g/mol. The lowest BCUT2D eigenvalue weighted by Crippen LogP contribution is -2.31. The van der Waals surface area contributed by atoms with E-state index >= 15 is 0 Å². The molecule has 0 saturated carbocycles. The molecule has 0 aliphatic heterocycles. The average Bonchev–Trinajstić information content (AvgIpc) is 2.92. The molecule has 1 unspecified atom stereocenters. The van der Waals surface area contributed by atoms with Crippen LogP contribution in [0.2, 0.25) is 0 Å². The van der Waals surface area contributed by atoms with Crippen molar-refractivity contribution in [2.24, 2.45) is 0 Å². The molecule has 10 nitrogen and oxygen atoms in total. The normalized spacial score (nSPS) is 11.9. The van der Waals surface area contributed by atoms with Gasteiger partial charge in [-0.1, -0.05) is 18.2 Å². The molecule has 3 aromatic rings. The van der Waals surface area contributed by atoms with Gasteiger partial charge in [-0.15, -0.1) is 0 Å². The number of carbonyl (C=O) groups excluding carboxylic acids is 2. The van der Waals surface area contributed by atoms with Gasteiger partial charge in [-0.05, 0) is 60.9 Å². The number of ether oxygens (including phenoxy) is 2. The van der Waals surface area contributed by atoms with Crippen molar-refractivity contribution in [2.45, 2.75) is 30.8 Å². The Kier molecular flexibility index (Phi) is 9.20. The summed E-state index contributed by atoms with van der Waals surface area (Å²) in [6.07, 6.45) is 1.68. The number of nitrogens with zero attached hydrogens (tertiary/aromatic N) is 1. The standard InChI is InChI=1S/C26H29N3O7S/c1-17(19-7-11-23(35-2)24(14-19)36-3)25(31)27-13-12-18-4-9-22(10-5-18)37(33,34)29-26(32)20-6-8-21(16-30)28-15-20/h4-11,14-15,17,30H,12-13,16H2,1-3H3,(H,27,31)(H,29,32). The van der Waals surface area contributed by atoms with E-state index in [0.29, 0.717) is 30.2 Å². The van der Waals surface area contributed by atoms with Crippen molar-refractivity contribution in [2.75, 3.05) is 20.8 Å². The molecule has 11 heteroatoms. The fourth-order valence-electron chi connectivity index (χ4n) is 3.48. The van der Waals surface area contributed by atoms with Crippen molar-refractivity contribution in [3.63, 3.8) is 0 Å².